The van der Waals surface area contributed by atoms with Gasteiger partial charge in [0.1, 0.15) is 13.2 Å². The Hall–Kier alpha value is -2.32. The van der Waals surface area contributed by atoms with Crippen molar-refractivity contribution in [3.63, 3.8) is 0 Å². The minimum Gasteiger partial charge on any atom is -0.387 e. The lowest BCUT2D eigenvalue weighted by atomic mass is 10.0. The summed E-state index contributed by atoms with van der Waals surface area (Å²) < 4.78 is 23.7. The molecule has 3 unspecified atom stereocenters. The third-order valence-electron chi connectivity index (χ3n) is 12.4. The molecule has 400 valence electrons. The molecular weight excluding hydrogens is 876 g/mol. The second-order valence-corrected chi connectivity index (χ2v) is 21.7. The number of nitrogens with one attached hydrogen (secondary N) is 1. The molecule has 0 saturated carbocycles. The van der Waals surface area contributed by atoms with E-state index in [-0.39, 0.29) is 19.1 Å². The number of nitrogens with zero attached hydrogens (tertiary/aromatic N) is 1. The molecule has 0 fully saturated rings. The molecular formula is C60H110N2O6P+. The van der Waals surface area contributed by atoms with Crippen LogP contribution in [-0.2, 0) is 18.4 Å². The molecule has 0 aliphatic rings. The molecule has 0 bridgehead atoms. The number of amides is 1. The van der Waals surface area contributed by atoms with Gasteiger partial charge in [-0.25, -0.2) is 4.57 Å². The molecule has 8 nitrogen and oxygen atoms in total. The maximum absolute atomic E-state index is 13.0. The zero-order valence-electron chi connectivity index (χ0n) is 45.5. The fourth-order valence-corrected chi connectivity index (χ4v) is 8.66. The molecule has 0 radical (unpaired) electrons. The first-order valence-corrected chi connectivity index (χ1v) is 30.0. The van der Waals surface area contributed by atoms with Crippen molar-refractivity contribution in [2.75, 3.05) is 40.9 Å². The predicted molar refractivity (Wildman–Crippen MR) is 299 cm³/mol. The number of phosphoric acid groups is 1. The lowest BCUT2D eigenvalue weighted by Gasteiger charge is -2.25. The van der Waals surface area contributed by atoms with E-state index in [2.05, 4.69) is 92.1 Å². The average Bonchev–Trinajstić information content (AvgIpc) is 3.31. The minimum atomic E-state index is -4.35. The van der Waals surface area contributed by atoms with Crippen LogP contribution in [0.1, 0.15) is 239 Å². The van der Waals surface area contributed by atoms with E-state index < -0.39 is 20.0 Å². The zero-order chi connectivity index (χ0) is 50.6. The van der Waals surface area contributed by atoms with Crippen molar-refractivity contribution in [3.05, 3.63) is 85.1 Å². The number of carbonyl (C=O) groups excluding carboxylic acids is 1. The normalized spacial score (nSPS) is 14.6. The van der Waals surface area contributed by atoms with E-state index in [4.69, 9.17) is 9.05 Å². The van der Waals surface area contributed by atoms with Crippen LogP contribution >= 0.6 is 7.82 Å². The lowest BCUT2D eigenvalue weighted by Crippen LogP contribution is -2.45. The summed E-state index contributed by atoms with van der Waals surface area (Å²) in [6.45, 7) is 4.70. The predicted octanol–water partition coefficient (Wildman–Crippen LogP) is 17.3. The largest absolute Gasteiger partial charge is 0.472 e. The molecule has 0 spiro atoms. The first kappa shape index (κ1) is 66.7. The van der Waals surface area contributed by atoms with Gasteiger partial charge in [0.25, 0.3) is 0 Å². The summed E-state index contributed by atoms with van der Waals surface area (Å²) in [5.74, 6) is -0.187. The lowest BCUT2D eigenvalue weighted by molar-refractivity contribution is -0.870. The fourth-order valence-electron chi connectivity index (χ4n) is 7.93. The molecule has 69 heavy (non-hydrogen) atoms. The SMILES string of the molecule is CC/C=C\C/C=C\C/C=C\C/C=C\C/C=C\C/C=C\CCCCCCCCCCC(=O)NC(COP(=O)(O)OCC[N+](C)(C)C)C(O)/C=C/CCCCCCCCCCCCCCCCCCCC. The Morgan fingerprint density at radius 2 is 0.870 bits per heavy atom. The van der Waals surface area contributed by atoms with E-state index in [0.29, 0.717) is 17.4 Å². The number of unbranched alkanes of at least 4 members (excludes halogenated alkanes) is 26. The number of allylic oxidation sites excluding steroid dienone is 13. The number of quaternary nitrogens is 1. The van der Waals surface area contributed by atoms with Gasteiger partial charge in [-0.2, -0.15) is 0 Å². The molecule has 0 rings (SSSR count). The second-order valence-electron chi connectivity index (χ2n) is 20.3. The molecule has 0 aromatic rings. The molecule has 0 aliphatic heterocycles. The molecule has 0 aliphatic carbocycles. The number of hydrogen-bond acceptors (Lipinski definition) is 5. The smallest absolute Gasteiger partial charge is 0.387 e. The first-order valence-electron chi connectivity index (χ1n) is 28.5. The molecule has 3 N–H and O–H groups in total. The van der Waals surface area contributed by atoms with E-state index in [1.807, 2.05) is 27.2 Å². The second kappa shape index (κ2) is 50.6. The maximum Gasteiger partial charge on any atom is 0.472 e. The van der Waals surface area contributed by atoms with Crippen LogP contribution < -0.4 is 5.32 Å². The van der Waals surface area contributed by atoms with Gasteiger partial charge in [-0.3, -0.25) is 13.8 Å². The van der Waals surface area contributed by atoms with Crippen LogP contribution in [0.5, 0.6) is 0 Å². The Morgan fingerprint density at radius 1 is 0.507 bits per heavy atom. The van der Waals surface area contributed by atoms with Crippen LogP contribution in [0.4, 0.5) is 0 Å². The highest BCUT2D eigenvalue weighted by Crippen LogP contribution is 2.43. The van der Waals surface area contributed by atoms with E-state index in [1.165, 1.54) is 135 Å². The third kappa shape index (κ3) is 53.3. The quantitative estimate of drug-likeness (QED) is 0.0243. The Balaban J connectivity index is 4.27. The van der Waals surface area contributed by atoms with Crippen LogP contribution in [-0.4, -0.2) is 73.4 Å². The molecule has 0 aromatic heterocycles. The van der Waals surface area contributed by atoms with Crippen LogP contribution in [0.2, 0.25) is 0 Å². The molecule has 0 heterocycles. The van der Waals surface area contributed by atoms with E-state index >= 15 is 0 Å². The van der Waals surface area contributed by atoms with Crippen molar-refractivity contribution in [2.24, 2.45) is 0 Å². The first-order chi connectivity index (χ1) is 33.5. The fraction of sp³-hybridized carbons (Fsp3) is 0.750. The maximum atomic E-state index is 13.0. The summed E-state index contributed by atoms with van der Waals surface area (Å²) >= 11 is 0. The standard InChI is InChI=1S/C60H109N2O6P/c1-6-8-10-12-14-16-18-20-22-24-26-28-29-30-31-32-33-34-36-38-40-42-44-46-48-50-52-54-60(64)61-58(57-68-69(65,66)67-56-55-62(3,4)5)59(63)53-51-49-47-45-43-41-39-37-35-27-25-23-21-19-17-15-13-11-9-7-2/h8,10,14,16,20,22,26,28,30-31,33-34,51,53,58-59,63H,6-7,9,11-13,15,17-19,21,23-25,27,29,32,35-50,52,54-57H2,1-5H3,(H-,61,64,65,66)/p+1/b10-8-,16-14-,22-20-,28-26-,31-30-,34-33-,53-51+. The van der Waals surface area contributed by atoms with Crippen LogP contribution in [0.3, 0.4) is 0 Å². The molecule has 0 saturated heterocycles. The van der Waals surface area contributed by atoms with Crippen molar-refractivity contribution >= 4 is 13.7 Å². The topological polar surface area (TPSA) is 105 Å². The molecule has 9 heteroatoms. The minimum absolute atomic E-state index is 0.0560. The summed E-state index contributed by atoms with van der Waals surface area (Å²) in [4.78, 5) is 23.3. The number of phosphoric ester groups is 1. The van der Waals surface area contributed by atoms with Gasteiger partial charge in [0, 0.05) is 6.42 Å². The summed E-state index contributed by atoms with van der Waals surface area (Å²) in [5.41, 5.74) is 0. The number of carbonyl (C=O) groups is 1. The van der Waals surface area contributed by atoms with Gasteiger partial charge in [0.15, 0.2) is 0 Å². The van der Waals surface area contributed by atoms with Crippen molar-refractivity contribution < 1.29 is 32.9 Å². The van der Waals surface area contributed by atoms with Gasteiger partial charge in [0.2, 0.25) is 5.91 Å². The molecule has 1 amide bonds. The molecule has 3 atom stereocenters. The number of aliphatic hydroxyl groups is 1. The third-order valence-corrected chi connectivity index (χ3v) is 13.4. The number of aliphatic hydroxyl groups excluding tert-OH is 1. The average molecular weight is 987 g/mol. The highest BCUT2D eigenvalue weighted by Gasteiger charge is 2.27. The van der Waals surface area contributed by atoms with Gasteiger partial charge in [-0.05, 0) is 70.6 Å². The van der Waals surface area contributed by atoms with E-state index in [9.17, 15) is 19.4 Å². The number of likely N-dealkylation sites (N-methyl/N-ethyl adjacent to an activating group) is 1. The summed E-state index contributed by atoms with van der Waals surface area (Å²) in [5, 5.41) is 13.9. The Kier molecular flexibility index (Phi) is 48.9. The Bertz CT molecular complexity index is 1400. The van der Waals surface area contributed by atoms with Crippen molar-refractivity contribution in [1.82, 2.24) is 5.32 Å². The van der Waals surface area contributed by atoms with E-state index in [0.717, 1.165) is 83.5 Å². The van der Waals surface area contributed by atoms with Crippen molar-refractivity contribution in [3.8, 4) is 0 Å². The van der Waals surface area contributed by atoms with Gasteiger partial charge in [-0.15, -0.1) is 0 Å². The zero-order valence-corrected chi connectivity index (χ0v) is 46.4. The van der Waals surface area contributed by atoms with E-state index in [1.54, 1.807) is 6.08 Å². The van der Waals surface area contributed by atoms with Crippen molar-refractivity contribution in [1.29, 1.82) is 0 Å². The Labute approximate surface area is 426 Å². The monoisotopic (exact) mass is 986 g/mol. The van der Waals surface area contributed by atoms with Gasteiger partial charge in [-0.1, -0.05) is 247 Å². The van der Waals surface area contributed by atoms with Gasteiger partial charge >= 0.3 is 7.82 Å². The van der Waals surface area contributed by atoms with Crippen LogP contribution in [0.15, 0.2) is 85.1 Å². The van der Waals surface area contributed by atoms with Gasteiger partial charge < -0.3 is 19.8 Å². The highest BCUT2D eigenvalue weighted by atomic mass is 31.2. The summed E-state index contributed by atoms with van der Waals surface area (Å²) in [6, 6.07) is -0.857. The van der Waals surface area contributed by atoms with Gasteiger partial charge in [0.05, 0.1) is 39.9 Å². The van der Waals surface area contributed by atoms with Crippen LogP contribution in [0, 0.1) is 0 Å². The summed E-state index contributed by atoms with van der Waals surface area (Å²) in [7, 11) is 1.56. The number of hydrogen-bond donors (Lipinski definition) is 3. The van der Waals surface area contributed by atoms with Crippen molar-refractivity contribution in [2.45, 2.75) is 251 Å². The van der Waals surface area contributed by atoms with Crippen LogP contribution in [0.25, 0.3) is 0 Å². The number of rotatable bonds is 51. The summed E-state index contributed by atoms with van der Waals surface area (Å²) in [6.07, 6.45) is 71.0. The Morgan fingerprint density at radius 3 is 1.28 bits per heavy atom. The molecule has 0 aromatic carbocycles. The highest BCUT2D eigenvalue weighted by molar-refractivity contribution is 7.47.